The molecular formula is C24H32N2O6S. The number of furan rings is 1. The number of nitrogens with zero attached hydrogens (tertiary/aromatic N) is 1. The molecule has 1 amide bonds. The van der Waals surface area contributed by atoms with Crippen LogP contribution in [0.2, 0.25) is 0 Å². The van der Waals surface area contributed by atoms with Gasteiger partial charge in [0.2, 0.25) is 11.0 Å². The summed E-state index contributed by atoms with van der Waals surface area (Å²) in [6.45, 7) is 0.934. The molecule has 0 fully saturated rings. The first kappa shape index (κ1) is 25.2. The van der Waals surface area contributed by atoms with Crippen molar-refractivity contribution >= 4 is 15.9 Å². The minimum Gasteiger partial charge on any atom is -0.452 e. The molecule has 1 aliphatic carbocycles. The Kier molecular flexibility index (Phi) is 8.85. The van der Waals surface area contributed by atoms with Gasteiger partial charge in [-0.2, -0.15) is 4.31 Å². The SMILES string of the molecule is C[C@@H](O)CN(C[C@@H](O)[C@H](Cc1ccccc1)NC(=O)C[C@H]1C=CCC1)S(=O)(=O)c1ccco1. The molecule has 180 valence electrons. The van der Waals surface area contributed by atoms with Crippen LogP contribution in [-0.2, 0) is 21.2 Å². The number of hydrogen-bond donors (Lipinski definition) is 3. The summed E-state index contributed by atoms with van der Waals surface area (Å²) in [6, 6.07) is 11.4. The quantitative estimate of drug-likeness (QED) is 0.404. The maximum atomic E-state index is 13.0. The van der Waals surface area contributed by atoms with Crippen molar-refractivity contribution in [1.82, 2.24) is 9.62 Å². The molecule has 1 aromatic carbocycles. The molecule has 33 heavy (non-hydrogen) atoms. The molecule has 0 spiro atoms. The average molecular weight is 477 g/mol. The molecule has 0 saturated heterocycles. The van der Waals surface area contributed by atoms with Gasteiger partial charge in [-0.05, 0) is 49.8 Å². The molecule has 1 aliphatic rings. The molecular weight excluding hydrogens is 444 g/mol. The number of rotatable bonds is 12. The van der Waals surface area contributed by atoms with E-state index in [9.17, 15) is 23.4 Å². The van der Waals surface area contributed by atoms with Crippen molar-refractivity contribution in [3.8, 4) is 0 Å². The number of aliphatic hydroxyl groups excluding tert-OH is 2. The van der Waals surface area contributed by atoms with Gasteiger partial charge in [0, 0.05) is 19.5 Å². The lowest BCUT2D eigenvalue weighted by molar-refractivity contribution is -0.123. The van der Waals surface area contributed by atoms with Gasteiger partial charge in [0.25, 0.3) is 10.0 Å². The second-order valence-electron chi connectivity index (χ2n) is 8.50. The second kappa shape index (κ2) is 11.6. The third-order valence-electron chi connectivity index (χ3n) is 5.62. The van der Waals surface area contributed by atoms with Crippen molar-refractivity contribution in [2.45, 2.75) is 55.9 Å². The van der Waals surface area contributed by atoms with Gasteiger partial charge >= 0.3 is 0 Å². The predicted molar refractivity (Wildman–Crippen MR) is 124 cm³/mol. The van der Waals surface area contributed by atoms with Crippen LogP contribution in [0.3, 0.4) is 0 Å². The Balaban J connectivity index is 1.77. The van der Waals surface area contributed by atoms with E-state index in [-0.39, 0.29) is 30.0 Å². The van der Waals surface area contributed by atoms with Gasteiger partial charge in [-0.3, -0.25) is 4.79 Å². The van der Waals surface area contributed by atoms with Crippen molar-refractivity contribution in [3.63, 3.8) is 0 Å². The van der Waals surface area contributed by atoms with Crippen molar-refractivity contribution in [3.05, 3.63) is 66.4 Å². The van der Waals surface area contributed by atoms with Gasteiger partial charge < -0.3 is 19.9 Å². The van der Waals surface area contributed by atoms with Gasteiger partial charge in [0.15, 0.2) is 0 Å². The fraction of sp³-hybridized carbons (Fsp3) is 0.458. The van der Waals surface area contributed by atoms with E-state index in [2.05, 4.69) is 11.4 Å². The van der Waals surface area contributed by atoms with Crippen LogP contribution in [0.25, 0.3) is 0 Å². The Morgan fingerprint density at radius 2 is 1.94 bits per heavy atom. The lowest BCUT2D eigenvalue weighted by Crippen LogP contribution is -2.51. The van der Waals surface area contributed by atoms with E-state index in [0.717, 1.165) is 22.7 Å². The van der Waals surface area contributed by atoms with Crippen LogP contribution in [0.15, 0.2) is 70.4 Å². The molecule has 4 atom stereocenters. The van der Waals surface area contributed by atoms with E-state index in [1.165, 1.54) is 25.3 Å². The van der Waals surface area contributed by atoms with Gasteiger partial charge in [-0.15, -0.1) is 0 Å². The summed E-state index contributed by atoms with van der Waals surface area (Å²) in [5, 5.41) is 23.6. The number of carbonyl (C=O) groups is 1. The van der Waals surface area contributed by atoms with E-state index in [1.807, 2.05) is 36.4 Å². The van der Waals surface area contributed by atoms with E-state index < -0.39 is 28.3 Å². The molecule has 3 N–H and O–H groups in total. The molecule has 0 radical (unpaired) electrons. The molecule has 9 heteroatoms. The Hall–Kier alpha value is -2.46. The highest BCUT2D eigenvalue weighted by Gasteiger charge is 2.33. The van der Waals surface area contributed by atoms with Gasteiger partial charge in [0.1, 0.15) is 0 Å². The van der Waals surface area contributed by atoms with Crippen molar-refractivity contribution in [2.24, 2.45) is 5.92 Å². The molecule has 0 unspecified atom stereocenters. The molecule has 8 nitrogen and oxygen atoms in total. The van der Waals surface area contributed by atoms with E-state index in [1.54, 1.807) is 0 Å². The van der Waals surface area contributed by atoms with Crippen LogP contribution in [0.4, 0.5) is 0 Å². The summed E-state index contributed by atoms with van der Waals surface area (Å²) in [5.74, 6) is -0.0203. The van der Waals surface area contributed by atoms with Crippen molar-refractivity contribution in [1.29, 1.82) is 0 Å². The molecule has 0 bridgehead atoms. The minimum atomic E-state index is -4.08. The van der Waals surface area contributed by atoms with E-state index >= 15 is 0 Å². The number of amides is 1. The lowest BCUT2D eigenvalue weighted by atomic mass is 9.99. The monoisotopic (exact) mass is 476 g/mol. The van der Waals surface area contributed by atoms with Crippen LogP contribution >= 0.6 is 0 Å². The van der Waals surface area contributed by atoms with Crippen molar-refractivity contribution in [2.75, 3.05) is 13.1 Å². The highest BCUT2D eigenvalue weighted by atomic mass is 32.2. The molecule has 1 aromatic heterocycles. The number of allylic oxidation sites excluding steroid dienone is 2. The summed E-state index contributed by atoms with van der Waals surface area (Å²) in [7, 11) is -4.08. The zero-order valence-corrected chi connectivity index (χ0v) is 19.5. The fourth-order valence-electron chi connectivity index (χ4n) is 3.96. The number of nitrogens with one attached hydrogen (secondary N) is 1. The summed E-state index contributed by atoms with van der Waals surface area (Å²) in [5.41, 5.74) is 0.901. The van der Waals surface area contributed by atoms with Gasteiger partial charge in [0.05, 0.1) is 24.5 Å². The van der Waals surface area contributed by atoms with Crippen LogP contribution in [0, 0.1) is 5.92 Å². The number of hydrogen-bond acceptors (Lipinski definition) is 6. The topological polar surface area (TPSA) is 120 Å². The summed E-state index contributed by atoms with van der Waals surface area (Å²) >= 11 is 0. The molecule has 2 aromatic rings. The third-order valence-corrected chi connectivity index (χ3v) is 7.34. The molecule has 1 heterocycles. The Morgan fingerprint density at radius 1 is 1.18 bits per heavy atom. The first-order valence-electron chi connectivity index (χ1n) is 11.2. The molecule has 3 rings (SSSR count). The van der Waals surface area contributed by atoms with Crippen LogP contribution in [0.1, 0.15) is 31.7 Å². The van der Waals surface area contributed by atoms with Crippen molar-refractivity contribution < 1.29 is 27.8 Å². The highest BCUT2D eigenvalue weighted by Crippen LogP contribution is 2.21. The maximum Gasteiger partial charge on any atom is 0.276 e. The van der Waals surface area contributed by atoms with E-state index in [0.29, 0.717) is 12.8 Å². The zero-order chi connectivity index (χ0) is 23.8. The average Bonchev–Trinajstić information content (AvgIpc) is 3.48. The number of carbonyl (C=O) groups excluding carboxylic acids is 1. The first-order valence-corrected chi connectivity index (χ1v) is 12.6. The number of sulfonamides is 1. The van der Waals surface area contributed by atoms with Crippen LogP contribution in [0.5, 0.6) is 0 Å². The lowest BCUT2D eigenvalue weighted by Gasteiger charge is -2.30. The minimum absolute atomic E-state index is 0.172. The predicted octanol–water partition coefficient (Wildman–Crippen LogP) is 2.10. The molecule has 0 saturated carbocycles. The normalized spacial score (nSPS) is 18.8. The maximum absolute atomic E-state index is 13.0. The Labute approximate surface area is 195 Å². The standard InChI is InChI=1S/C24H32N2O6S/c1-18(27)16-26(33(30,31)24-12-7-13-32-24)17-22(28)21(14-19-8-3-2-4-9-19)25-23(29)15-20-10-5-6-11-20/h2-5,7-10,12-13,18,20-22,27-28H,6,11,14-17H2,1H3,(H,25,29)/t18-,20+,21+,22-/m1/s1. The summed E-state index contributed by atoms with van der Waals surface area (Å²) in [6.07, 6.45) is 5.68. The smallest absolute Gasteiger partial charge is 0.276 e. The molecule has 0 aliphatic heterocycles. The van der Waals surface area contributed by atoms with Gasteiger partial charge in [-0.1, -0.05) is 42.5 Å². The first-order chi connectivity index (χ1) is 15.8. The zero-order valence-electron chi connectivity index (χ0n) is 18.7. The van der Waals surface area contributed by atoms with E-state index in [4.69, 9.17) is 4.42 Å². The summed E-state index contributed by atoms with van der Waals surface area (Å²) < 4.78 is 32.1. The number of aliphatic hydroxyl groups is 2. The fourth-order valence-corrected chi connectivity index (χ4v) is 5.40. The number of benzene rings is 1. The highest BCUT2D eigenvalue weighted by molar-refractivity contribution is 7.89. The Morgan fingerprint density at radius 3 is 2.55 bits per heavy atom. The van der Waals surface area contributed by atoms with Gasteiger partial charge in [-0.25, -0.2) is 8.42 Å². The Bertz CT molecular complexity index is 1000. The summed E-state index contributed by atoms with van der Waals surface area (Å²) in [4.78, 5) is 12.7. The van der Waals surface area contributed by atoms with Crippen LogP contribution in [-0.4, -0.2) is 60.2 Å². The third kappa shape index (κ3) is 7.26. The largest absolute Gasteiger partial charge is 0.452 e. The second-order valence-corrected chi connectivity index (χ2v) is 10.4. The van der Waals surface area contributed by atoms with Crippen LogP contribution < -0.4 is 5.32 Å².